The van der Waals surface area contributed by atoms with Gasteiger partial charge < -0.3 is 115 Å². The van der Waals surface area contributed by atoms with Crippen molar-refractivity contribution in [3.05, 3.63) is 71.3 Å². The van der Waals surface area contributed by atoms with Crippen LogP contribution in [0.15, 0.2) is 54.6 Å². The number of amides is 14. The summed E-state index contributed by atoms with van der Waals surface area (Å²) in [4.78, 5) is 250. The summed E-state index contributed by atoms with van der Waals surface area (Å²) in [5, 5.41) is 79.5. The number of nitrogens with one attached hydrogen (secondary N) is 11. The lowest BCUT2D eigenvalue weighted by Crippen LogP contribution is -2.62. The molecule has 2 aromatic carbocycles. The SMILES string of the molecule is CCCCCC(=O)N[C@H]1CSCc2cccc(c2)CSC[C@@H](C(=O)N[C@@H](CC(=O)O)C(=O)NCCCNCCOCCOCCCNC(=O)CCC(=O)N[C@@H](CCCCNC(=O)CN2CCN(CC(=O)O)CCN(CC(=O)O)CCN(CC(=O)O)CC2)C(N)=O)NC(=O)[C@H](Cc2ccccc2)NC(=O)[C@H](CCC(N)=O)NC(=O)[C@H]([C@@H](C)O)NC(=O)[C@@H]2CCCN2C(=O)[C@@H]2CCCN2C1=O. The molecule has 4 aliphatic rings. The van der Waals surface area contributed by atoms with E-state index in [1.54, 1.807) is 49.9 Å². The van der Waals surface area contributed by atoms with Gasteiger partial charge in [0.05, 0.1) is 58.5 Å². The van der Waals surface area contributed by atoms with Crippen molar-refractivity contribution in [1.29, 1.82) is 0 Å². The third-order valence-corrected chi connectivity index (χ3v) is 24.8. The van der Waals surface area contributed by atoms with Crippen molar-refractivity contribution in [1.82, 2.24) is 87.9 Å². The van der Waals surface area contributed by atoms with Gasteiger partial charge in [0.2, 0.25) is 82.7 Å². The molecule has 4 aliphatic heterocycles. The second kappa shape index (κ2) is 62.0. The molecule has 746 valence electrons. The fourth-order valence-electron chi connectivity index (χ4n) is 15.4. The van der Waals surface area contributed by atoms with E-state index in [1.807, 2.05) is 31.2 Å². The van der Waals surface area contributed by atoms with Gasteiger partial charge in [-0.25, -0.2) is 0 Å². The lowest BCUT2D eigenvalue weighted by atomic mass is 10.0. The van der Waals surface area contributed by atoms with E-state index >= 15 is 0 Å². The molecule has 134 heavy (non-hydrogen) atoms. The number of hydrogen-bond acceptors (Lipinski definition) is 28. The number of hydrogen-bond donors (Lipinski definition) is 18. The van der Waals surface area contributed by atoms with Crippen molar-refractivity contribution in [2.75, 3.05) is 162 Å². The highest BCUT2D eigenvalue weighted by molar-refractivity contribution is 7.98. The number of primary amides is 2. The number of thioether (sulfide) groups is 2. The number of carbonyl (C=O) groups excluding carboxylic acids is 14. The number of rotatable bonds is 48. The summed E-state index contributed by atoms with van der Waals surface area (Å²) in [6.45, 7) is 6.68. The van der Waals surface area contributed by atoms with Gasteiger partial charge in [-0.2, -0.15) is 23.5 Å². The van der Waals surface area contributed by atoms with Gasteiger partial charge in [0.1, 0.15) is 54.4 Å². The Morgan fingerprint density at radius 3 is 1.66 bits per heavy atom. The van der Waals surface area contributed by atoms with Gasteiger partial charge in [0.15, 0.2) is 0 Å². The zero-order valence-corrected chi connectivity index (χ0v) is 78.2. The number of nitrogens with zero attached hydrogens (tertiary/aromatic N) is 6. The third-order valence-electron chi connectivity index (χ3n) is 22.6. The number of aliphatic hydroxyl groups is 1. The molecular weight excluding hydrogens is 1790 g/mol. The van der Waals surface area contributed by atoms with Gasteiger partial charge in [0, 0.05) is 153 Å². The predicted octanol–water partition coefficient (Wildman–Crippen LogP) is -3.85. The normalized spacial score (nSPS) is 20.8. The average molecular weight is 1930 g/mol. The number of aliphatic carboxylic acids is 4. The Morgan fingerprint density at radius 2 is 1.06 bits per heavy atom. The molecule has 44 nitrogen and oxygen atoms in total. The van der Waals surface area contributed by atoms with Crippen LogP contribution in [0.2, 0.25) is 0 Å². The van der Waals surface area contributed by atoms with E-state index < -0.39 is 175 Å². The Morgan fingerprint density at radius 1 is 0.500 bits per heavy atom. The maximum atomic E-state index is 14.9. The summed E-state index contributed by atoms with van der Waals surface area (Å²) in [6, 6.07) is 3.41. The molecule has 0 radical (unpaired) electrons. The molecular formula is C88H137N19O25S2. The molecule has 20 N–H and O–H groups in total. The molecule has 0 unspecified atom stereocenters. The molecule has 2 bridgehead atoms. The Bertz CT molecular complexity index is 4150. The van der Waals surface area contributed by atoms with Crippen molar-refractivity contribution >= 4 is 130 Å². The summed E-state index contributed by atoms with van der Waals surface area (Å²) >= 11 is 2.57. The van der Waals surface area contributed by atoms with Crippen molar-refractivity contribution in [3.8, 4) is 0 Å². The van der Waals surface area contributed by atoms with Gasteiger partial charge in [-0.1, -0.05) is 74.4 Å². The highest BCUT2D eigenvalue weighted by Crippen LogP contribution is 2.28. The van der Waals surface area contributed by atoms with E-state index in [9.17, 15) is 112 Å². The van der Waals surface area contributed by atoms with Gasteiger partial charge in [-0.3, -0.25) is 106 Å². The number of fused-ring (bicyclic) bond motifs is 4. The number of benzene rings is 2. The number of carboxylic acids is 4. The standard InChI is InChI=1S/C88H137N19O25S2/c1-3-4-6-23-72(111)96-67-57-134-55-61-19-11-18-60(47-61)54-133-56-66(100-83(125)64(48-59-16-7-5-8-17-59)98-82(124)63(24-25-70(89)109)97-86(128)79(58(2)108)101-85(127)68-21-12-33-106(68)88(130)69-22-13-34-107(69)87(67)129)84(126)99-65(49-75(114)115)81(123)94-30-14-28-91-32-44-132-46-45-131-43-15-31-92-71(110)26-27-73(112)95-62(80(90)122)20-9-10-29-93-74(113)50-102-35-37-103(51-76(116)117)39-41-105(53-78(120)121)42-40-104(38-36-102)52-77(118)119/h5,7-8,11,16-19,47,58,62-69,79,91,108H,3-4,6,9-10,12-15,20-46,48-57H2,1-2H3,(H2,89,109)(H2,90,122)(H,92,110)(H,93,113)(H,94,123)(H,95,112)(H,96,111)(H,97,128)(H,98,124)(H,99,126)(H,100,125)(H,101,127)(H,114,115)(H,116,117)(H,118,119)(H,120,121)/t58-,62+,63+,64+,65+,66+,67+,68+,69+,79+/m1/s1. The van der Waals surface area contributed by atoms with Crippen LogP contribution in [0.3, 0.4) is 0 Å². The van der Waals surface area contributed by atoms with Crippen LogP contribution >= 0.6 is 23.5 Å². The molecule has 10 atom stereocenters. The van der Waals surface area contributed by atoms with Crippen LogP contribution in [-0.4, -0.2) is 384 Å². The predicted molar refractivity (Wildman–Crippen MR) is 492 cm³/mol. The van der Waals surface area contributed by atoms with Crippen LogP contribution in [0.4, 0.5) is 0 Å². The number of carboxylic acid groups (broad SMARTS) is 4. The van der Waals surface area contributed by atoms with Crippen LogP contribution < -0.4 is 70.0 Å². The molecule has 46 heteroatoms. The quantitative estimate of drug-likeness (QED) is 0.0282. The Hall–Kier alpha value is -10.7. The molecule has 4 heterocycles. The second-order valence-electron chi connectivity index (χ2n) is 33.5. The molecule has 0 spiro atoms. The van der Waals surface area contributed by atoms with Crippen molar-refractivity contribution in [3.63, 3.8) is 0 Å². The lowest BCUT2D eigenvalue weighted by Gasteiger charge is -2.33. The molecule has 0 aliphatic carbocycles. The zero-order chi connectivity index (χ0) is 97.9. The molecule has 6 rings (SSSR count). The van der Waals surface area contributed by atoms with E-state index in [-0.39, 0.29) is 212 Å². The summed E-state index contributed by atoms with van der Waals surface area (Å²) in [5.74, 6) is -14.2. The summed E-state index contributed by atoms with van der Waals surface area (Å²) < 4.78 is 11.3. The summed E-state index contributed by atoms with van der Waals surface area (Å²) in [5.41, 5.74) is 13.3. The van der Waals surface area contributed by atoms with Gasteiger partial charge in [-0.15, -0.1) is 0 Å². The average Bonchev–Trinajstić information content (AvgIpc) is 1.64. The smallest absolute Gasteiger partial charge is 0.317 e. The zero-order valence-electron chi connectivity index (χ0n) is 76.6. The first-order chi connectivity index (χ1) is 64.2. The molecule has 0 aromatic heterocycles. The third kappa shape index (κ3) is 43.7. The molecule has 0 saturated carbocycles. The number of ether oxygens (including phenoxy) is 2. The van der Waals surface area contributed by atoms with E-state index in [0.29, 0.717) is 69.4 Å². The number of nitrogens with two attached hydrogens (primary N) is 2. The van der Waals surface area contributed by atoms with Gasteiger partial charge in [-0.05, 0) is 101 Å². The van der Waals surface area contributed by atoms with Crippen LogP contribution in [0.25, 0.3) is 0 Å². The minimum absolute atomic E-state index is 0.0310. The minimum atomic E-state index is -1.76. The maximum Gasteiger partial charge on any atom is 0.317 e. The first kappa shape index (κ1) is 112. The minimum Gasteiger partial charge on any atom is -0.481 e. The van der Waals surface area contributed by atoms with Crippen molar-refractivity contribution in [2.24, 2.45) is 11.5 Å². The fraction of sp³-hybridized carbons (Fsp3) is 0.659. The number of carbonyl (C=O) groups is 18. The first-order valence-electron chi connectivity index (χ1n) is 45.8. The van der Waals surface area contributed by atoms with Gasteiger partial charge >= 0.3 is 23.9 Å². The van der Waals surface area contributed by atoms with E-state index in [1.165, 1.54) is 40.2 Å². The first-order valence-corrected chi connectivity index (χ1v) is 48.2. The van der Waals surface area contributed by atoms with Crippen LogP contribution in [0.1, 0.15) is 146 Å². The van der Waals surface area contributed by atoms with Crippen molar-refractivity contribution < 1.29 is 121 Å². The monoisotopic (exact) mass is 1920 g/mol. The lowest BCUT2D eigenvalue weighted by molar-refractivity contribution is -0.148. The van der Waals surface area contributed by atoms with Gasteiger partial charge in [0.25, 0.3) is 0 Å². The Labute approximate surface area is 788 Å². The largest absolute Gasteiger partial charge is 0.481 e. The Balaban J connectivity index is 0.968. The van der Waals surface area contributed by atoms with Crippen LogP contribution in [0.5, 0.6) is 0 Å². The second-order valence-corrected chi connectivity index (χ2v) is 35.6. The maximum absolute atomic E-state index is 14.9. The molecule has 14 amide bonds. The van der Waals surface area contributed by atoms with Crippen LogP contribution in [0, 0.1) is 0 Å². The fourth-order valence-corrected chi connectivity index (χ4v) is 17.4. The Kier molecular flexibility index (Phi) is 51.9. The van der Waals surface area contributed by atoms with Crippen molar-refractivity contribution in [2.45, 2.75) is 208 Å². The van der Waals surface area contributed by atoms with E-state index in [4.69, 9.17) is 20.9 Å². The summed E-state index contributed by atoms with van der Waals surface area (Å²) in [7, 11) is 0. The van der Waals surface area contributed by atoms with E-state index in [0.717, 1.165) is 24.0 Å². The highest BCUT2D eigenvalue weighted by Gasteiger charge is 2.45. The summed E-state index contributed by atoms with van der Waals surface area (Å²) in [6.07, 6.45) is 1.32. The van der Waals surface area contributed by atoms with E-state index in [2.05, 4.69) is 58.5 Å². The molecule has 2 aromatic rings. The highest BCUT2D eigenvalue weighted by atomic mass is 32.2. The number of aliphatic hydroxyl groups excluding tert-OH is 1. The molecule has 3 saturated heterocycles. The number of unbranched alkanes of at least 4 members (excludes halogenated alkanes) is 3. The van der Waals surface area contributed by atoms with Crippen LogP contribution in [-0.2, 0) is 114 Å². The molecule has 3 fully saturated rings. The topological polar surface area (TPSA) is 631 Å².